The number of methoxy groups -OCH3 is 1. The van der Waals surface area contributed by atoms with E-state index in [0.29, 0.717) is 11.3 Å². The lowest BCUT2D eigenvalue weighted by atomic mass is 9.76. The highest BCUT2D eigenvalue weighted by atomic mass is 16.5. The quantitative estimate of drug-likeness (QED) is 0.157. The van der Waals surface area contributed by atoms with E-state index in [1.165, 1.54) is 11.1 Å². The molecule has 3 nitrogen and oxygen atoms in total. The minimum Gasteiger partial charge on any atom is -0.496 e. The van der Waals surface area contributed by atoms with Crippen molar-refractivity contribution in [3.05, 3.63) is 143 Å². The number of carbonyl (C=O) groups excluding carboxylic acids is 1. The van der Waals surface area contributed by atoms with E-state index in [1.807, 2.05) is 30.3 Å². The third-order valence-electron chi connectivity index (χ3n) is 7.56. The van der Waals surface area contributed by atoms with Gasteiger partial charge in [-0.1, -0.05) is 104 Å². The van der Waals surface area contributed by atoms with Crippen LogP contribution in [0, 0.1) is 13.8 Å². The molecule has 40 heavy (non-hydrogen) atoms. The van der Waals surface area contributed by atoms with Gasteiger partial charge in [0.05, 0.1) is 12.7 Å². The van der Waals surface area contributed by atoms with E-state index in [2.05, 4.69) is 100 Å². The number of ether oxygens (including phenoxy) is 2. The zero-order valence-electron chi connectivity index (χ0n) is 23.7. The molecule has 3 heteroatoms. The highest BCUT2D eigenvalue weighted by Crippen LogP contribution is 2.41. The summed E-state index contributed by atoms with van der Waals surface area (Å²) >= 11 is 0. The number of benzene rings is 5. The van der Waals surface area contributed by atoms with Gasteiger partial charge in [-0.05, 0) is 72.5 Å². The summed E-state index contributed by atoms with van der Waals surface area (Å²) in [6.07, 6.45) is 0. The van der Waals surface area contributed by atoms with Gasteiger partial charge in [0.15, 0.2) is 0 Å². The first-order valence-electron chi connectivity index (χ1n) is 13.5. The predicted molar refractivity (Wildman–Crippen MR) is 163 cm³/mol. The number of esters is 1. The molecule has 0 heterocycles. The van der Waals surface area contributed by atoms with Crippen molar-refractivity contribution < 1.29 is 14.3 Å². The molecule has 0 fully saturated rings. The van der Waals surface area contributed by atoms with E-state index in [9.17, 15) is 4.79 Å². The SMILES string of the molecule is COc1ccc(C(C)(C)c2ccc(OC(=O)c3ccccc3)c(-c3ccc(C)cc3)c2)cc1-c1ccc(C)cc1. The van der Waals surface area contributed by atoms with Crippen LogP contribution in [0.5, 0.6) is 11.5 Å². The molecule has 0 aliphatic heterocycles. The lowest BCUT2D eigenvalue weighted by Gasteiger charge is -2.28. The molecule has 0 radical (unpaired) electrons. The molecule has 0 bridgehead atoms. The second kappa shape index (κ2) is 11.2. The Kier molecular flexibility index (Phi) is 7.57. The molecule has 0 saturated heterocycles. The summed E-state index contributed by atoms with van der Waals surface area (Å²) in [7, 11) is 1.71. The maximum Gasteiger partial charge on any atom is 0.343 e. The number of hydrogen-bond donors (Lipinski definition) is 0. The van der Waals surface area contributed by atoms with Crippen molar-refractivity contribution in [3.8, 4) is 33.8 Å². The lowest BCUT2D eigenvalue weighted by Crippen LogP contribution is -2.19. The van der Waals surface area contributed by atoms with Crippen LogP contribution < -0.4 is 9.47 Å². The maximum atomic E-state index is 13.0. The largest absolute Gasteiger partial charge is 0.496 e. The van der Waals surface area contributed by atoms with Crippen molar-refractivity contribution >= 4 is 5.97 Å². The molecule has 5 aromatic rings. The summed E-state index contributed by atoms with van der Waals surface area (Å²) in [5.74, 6) is 0.998. The Morgan fingerprint density at radius 3 is 1.57 bits per heavy atom. The Hall–Kier alpha value is -4.63. The molecule has 5 rings (SSSR count). The minimum atomic E-state index is -0.376. The van der Waals surface area contributed by atoms with Gasteiger partial charge in [0.25, 0.3) is 0 Å². The van der Waals surface area contributed by atoms with Crippen LogP contribution in [0.2, 0.25) is 0 Å². The molecule has 0 aliphatic carbocycles. The van der Waals surface area contributed by atoms with Gasteiger partial charge in [-0.2, -0.15) is 0 Å². The van der Waals surface area contributed by atoms with Crippen LogP contribution in [-0.2, 0) is 5.41 Å². The molecule has 0 amide bonds. The Morgan fingerprint density at radius 1 is 0.600 bits per heavy atom. The Balaban J connectivity index is 1.58. The highest BCUT2D eigenvalue weighted by Gasteiger charge is 2.26. The Morgan fingerprint density at radius 2 is 1.07 bits per heavy atom. The van der Waals surface area contributed by atoms with Crippen molar-refractivity contribution in [1.29, 1.82) is 0 Å². The summed E-state index contributed by atoms with van der Waals surface area (Å²) in [6, 6.07) is 38.4. The third-order valence-corrected chi connectivity index (χ3v) is 7.56. The topological polar surface area (TPSA) is 35.5 Å². The Bertz CT molecular complexity index is 1630. The summed E-state index contributed by atoms with van der Waals surface area (Å²) in [6.45, 7) is 8.59. The van der Waals surface area contributed by atoms with Crippen molar-refractivity contribution in [3.63, 3.8) is 0 Å². The van der Waals surface area contributed by atoms with Gasteiger partial charge in [-0.25, -0.2) is 4.79 Å². The van der Waals surface area contributed by atoms with E-state index in [0.717, 1.165) is 39.1 Å². The fourth-order valence-corrected chi connectivity index (χ4v) is 4.92. The van der Waals surface area contributed by atoms with E-state index in [4.69, 9.17) is 9.47 Å². The Labute approximate surface area is 237 Å². The summed E-state index contributed by atoms with van der Waals surface area (Å²) < 4.78 is 11.7. The van der Waals surface area contributed by atoms with E-state index in [1.54, 1.807) is 19.2 Å². The van der Waals surface area contributed by atoms with Crippen LogP contribution in [0.3, 0.4) is 0 Å². The maximum absolute atomic E-state index is 13.0. The van der Waals surface area contributed by atoms with Crippen LogP contribution in [0.25, 0.3) is 22.3 Å². The van der Waals surface area contributed by atoms with E-state index >= 15 is 0 Å². The van der Waals surface area contributed by atoms with Crippen molar-refractivity contribution in [1.82, 2.24) is 0 Å². The van der Waals surface area contributed by atoms with Crippen molar-refractivity contribution in [2.75, 3.05) is 7.11 Å². The van der Waals surface area contributed by atoms with Gasteiger partial charge >= 0.3 is 5.97 Å². The fraction of sp³-hybridized carbons (Fsp3) is 0.162. The molecular formula is C37H34O3. The minimum absolute atomic E-state index is 0.340. The zero-order chi connectivity index (χ0) is 28.3. The van der Waals surface area contributed by atoms with Crippen LogP contribution in [0.1, 0.15) is 46.5 Å². The van der Waals surface area contributed by atoms with Crippen LogP contribution in [0.4, 0.5) is 0 Å². The average Bonchev–Trinajstić information content (AvgIpc) is 2.98. The molecule has 5 aromatic carbocycles. The monoisotopic (exact) mass is 526 g/mol. The van der Waals surface area contributed by atoms with Gasteiger partial charge < -0.3 is 9.47 Å². The van der Waals surface area contributed by atoms with E-state index in [-0.39, 0.29) is 11.4 Å². The summed E-state index contributed by atoms with van der Waals surface area (Å²) in [5.41, 5.74) is 8.88. The first kappa shape index (κ1) is 27.0. The molecule has 0 atom stereocenters. The number of aryl methyl sites for hydroxylation is 2. The second-order valence-corrected chi connectivity index (χ2v) is 10.7. The molecule has 0 N–H and O–H groups in total. The predicted octanol–water partition coefficient (Wildman–Crippen LogP) is 9.19. The smallest absolute Gasteiger partial charge is 0.343 e. The van der Waals surface area contributed by atoms with Crippen molar-refractivity contribution in [2.45, 2.75) is 33.1 Å². The third kappa shape index (κ3) is 5.55. The molecule has 0 aliphatic rings. The van der Waals surface area contributed by atoms with Gasteiger partial charge in [-0.3, -0.25) is 0 Å². The molecule has 0 spiro atoms. The zero-order valence-corrected chi connectivity index (χ0v) is 23.7. The average molecular weight is 527 g/mol. The van der Waals surface area contributed by atoms with Crippen LogP contribution in [-0.4, -0.2) is 13.1 Å². The standard InChI is InChI=1S/C37H34O3/c1-25-11-15-27(16-12-25)32-23-30(19-21-34(32)39-5)37(3,4)31-20-22-35(40-36(38)29-9-7-6-8-10-29)33(24-31)28-17-13-26(2)14-18-28/h6-24H,1-5H3. The molecular weight excluding hydrogens is 492 g/mol. The highest BCUT2D eigenvalue weighted by molar-refractivity contribution is 5.92. The van der Waals surface area contributed by atoms with Crippen LogP contribution >= 0.6 is 0 Å². The normalized spacial score (nSPS) is 11.2. The van der Waals surface area contributed by atoms with Crippen LogP contribution in [0.15, 0.2) is 115 Å². The van der Waals surface area contributed by atoms with E-state index < -0.39 is 0 Å². The number of rotatable bonds is 7. The lowest BCUT2D eigenvalue weighted by molar-refractivity contribution is 0.0735. The molecule has 200 valence electrons. The van der Waals surface area contributed by atoms with Gasteiger partial charge in [-0.15, -0.1) is 0 Å². The second-order valence-electron chi connectivity index (χ2n) is 10.7. The summed E-state index contributed by atoms with van der Waals surface area (Å²) in [4.78, 5) is 13.0. The molecule has 0 saturated carbocycles. The van der Waals surface area contributed by atoms with Gasteiger partial charge in [0.1, 0.15) is 11.5 Å². The van der Waals surface area contributed by atoms with Gasteiger partial charge in [0.2, 0.25) is 0 Å². The fourth-order valence-electron chi connectivity index (χ4n) is 4.92. The number of hydrogen-bond acceptors (Lipinski definition) is 3. The summed E-state index contributed by atoms with van der Waals surface area (Å²) in [5, 5.41) is 0. The molecule has 0 aromatic heterocycles. The van der Waals surface area contributed by atoms with Crippen molar-refractivity contribution in [2.24, 2.45) is 0 Å². The molecule has 0 unspecified atom stereocenters. The van der Waals surface area contributed by atoms with Gasteiger partial charge in [0, 0.05) is 16.5 Å². The number of carbonyl (C=O) groups is 1. The first-order valence-corrected chi connectivity index (χ1v) is 13.5. The first-order chi connectivity index (χ1) is 19.3.